The predicted molar refractivity (Wildman–Crippen MR) is 90.1 cm³/mol. The number of benzene rings is 2. The van der Waals surface area contributed by atoms with Gasteiger partial charge in [0, 0.05) is 21.4 Å². The fourth-order valence-electron chi connectivity index (χ4n) is 2.46. The highest BCUT2D eigenvalue weighted by Gasteiger charge is 2.17. The molecule has 0 saturated heterocycles. The van der Waals surface area contributed by atoms with Gasteiger partial charge < -0.3 is 0 Å². The van der Waals surface area contributed by atoms with Crippen LogP contribution in [0, 0.1) is 3.57 Å². The van der Waals surface area contributed by atoms with E-state index in [9.17, 15) is 0 Å². The molecule has 0 bridgehead atoms. The van der Waals surface area contributed by atoms with Crippen LogP contribution in [0.5, 0.6) is 0 Å². The lowest BCUT2D eigenvalue weighted by Crippen LogP contribution is -2.29. The van der Waals surface area contributed by atoms with Crippen LogP contribution in [-0.2, 0) is 0 Å². The molecule has 1 heterocycles. The highest BCUT2D eigenvalue weighted by molar-refractivity contribution is 14.1. The van der Waals surface area contributed by atoms with Crippen LogP contribution >= 0.6 is 22.6 Å². The van der Waals surface area contributed by atoms with Crippen molar-refractivity contribution >= 4 is 33.4 Å². The second-order valence-corrected chi connectivity index (χ2v) is 5.73. The summed E-state index contributed by atoms with van der Waals surface area (Å²) < 4.78 is 1.19. The minimum Gasteiger partial charge on any atom is -0.271 e. The number of nitrogens with one attached hydrogen (secondary N) is 1. The van der Waals surface area contributed by atoms with E-state index in [1.165, 1.54) is 14.5 Å². The van der Waals surface area contributed by atoms with Crippen LogP contribution in [0.15, 0.2) is 60.9 Å². The zero-order chi connectivity index (χ0) is 13.9. The predicted octanol–water partition coefficient (Wildman–Crippen LogP) is 3.39. The summed E-state index contributed by atoms with van der Waals surface area (Å²) in [5.41, 5.74) is 5.29. The molecule has 1 aromatic heterocycles. The molecule has 0 radical (unpaired) electrons. The number of pyridine rings is 1. The van der Waals surface area contributed by atoms with Gasteiger partial charge in [-0.2, -0.15) is 0 Å². The van der Waals surface area contributed by atoms with E-state index < -0.39 is 0 Å². The molecule has 0 saturated carbocycles. The third-order valence-electron chi connectivity index (χ3n) is 3.41. The SMILES string of the molecule is NNC(c1ccccc1I)c1cccc2cnccc12. The molecule has 0 fully saturated rings. The smallest absolute Gasteiger partial charge is 0.0726 e. The normalized spacial score (nSPS) is 12.5. The van der Waals surface area contributed by atoms with Crippen LogP contribution in [0.25, 0.3) is 10.8 Å². The second kappa shape index (κ2) is 5.87. The van der Waals surface area contributed by atoms with Crippen molar-refractivity contribution in [1.29, 1.82) is 0 Å². The van der Waals surface area contributed by atoms with Crippen molar-refractivity contribution in [3.63, 3.8) is 0 Å². The van der Waals surface area contributed by atoms with Gasteiger partial charge in [-0.05, 0) is 51.2 Å². The number of halogens is 1. The average molecular weight is 375 g/mol. The van der Waals surface area contributed by atoms with Crippen LogP contribution in [0.4, 0.5) is 0 Å². The molecule has 0 aliphatic rings. The van der Waals surface area contributed by atoms with Gasteiger partial charge in [0.25, 0.3) is 0 Å². The summed E-state index contributed by atoms with van der Waals surface area (Å²) >= 11 is 2.34. The maximum Gasteiger partial charge on any atom is 0.0726 e. The molecule has 0 spiro atoms. The Morgan fingerprint density at radius 1 is 1.00 bits per heavy atom. The molecule has 0 aliphatic carbocycles. The zero-order valence-electron chi connectivity index (χ0n) is 10.8. The fraction of sp³-hybridized carbons (Fsp3) is 0.0625. The van der Waals surface area contributed by atoms with Gasteiger partial charge in [-0.25, -0.2) is 5.43 Å². The van der Waals surface area contributed by atoms with E-state index in [0.29, 0.717) is 0 Å². The first-order valence-electron chi connectivity index (χ1n) is 6.34. The molecule has 3 N–H and O–H groups in total. The minimum atomic E-state index is -0.0331. The highest BCUT2D eigenvalue weighted by Crippen LogP contribution is 2.30. The molecular formula is C16H14IN3. The van der Waals surface area contributed by atoms with Gasteiger partial charge in [0.2, 0.25) is 0 Å². The number of hydrazine groups is 1. The maximum absolute atomic E-state index is 5.83. The van der Waals surface area contributed by atoms with Gasteiger partial charge in [0.05, 0.1) is 6.04 Å². The number of rotatable bonds is 3. The number of hydrogen-bond donors (Lipinski definition) is 2. The van der Waals surface area contributed by atoms with Gasteiger partial charge in [0.15, 0.2) is 0 Å². The van der Waals surface area contributed by atoms with Crippen LogP contribution in [0.3, 0.4) is 0 Å². The lowest BCUT2D eigenvalue weighted by Gasteiger charge is -2.20. The largest absolute Gasteiger partial charge is 0.271 e. The third kappa shape index (κ3) is 2.42. The third-order valence-corrected chi connectivity index (χ3v) is 4.39. The first kappa shape index (κ1) is 13.5. The minimum absolute atomic E-state index is 0.0331. The molecule has 3 aromatic rings. The van der Waals surface area contributed by atoms with Crippen LogP contribution in [0.2, 0.25) is 0 Å². The molecule has 2 aromatic carbocycles. The zero-order valence-corrected chi connectivity index (χ0v) is 12.9. The molecule has 3 rings (SSSR count). The topological polar surface area (TPSA) is 50.9 Å². The number of hydrogen-bond acceptors (Lipinski definition) is 3. The fourth-order valence-corrected chi connectivity index (χ4v) is 3.15. The number of nitrogens with two attached hydrogens (primary N) is 1. The Labute approximate surface area is 131 Å². The Kier molecular flexibility index (Phi) is 3.95. The first-order chi connectivity index (χ1) is 9.81. The monoisotopic (exact) mass is 375 g/mol. The Balaban J connectivity index is 2.20. The van der Waals surface area contributed by atoms with Crippen LogP contribution in [-0.4, -0.2) is 4.98 Å². The quantitative estimate of drug-likeness (QED) is 0.419. The van der Waals surface area contributed by atoms with Gasteiger partial charge in [0.1, 0.15) is 0 Å². The first-order valence-corrected chi connectivity index (χ1v) is 7.42. The van der Waals surface area contributed by atoms with E-state index in [1.54, 1.807) is 0 Å². The summed E-state index contributed by atoms with van der Waals surface area (Å²) in [6.07, 6.45) is 3.69. The van der Waals surface area contributed by atoms with E-state index in [1.807, 2.05) is 36.7 Å². The molecule has 0 amide bonds. The summed E-state index contributed by atoms with van der Waals surface area (Å²) in [4.78, 5) is 4.18. The molecule has 20 heavy (non-hydrogen) atoms. The molecule has 100 valence electrons. The van der Waals surface area contributed by atoms with Crippen molar-refractivity contribution in [3.05, 3.63) is 75.6 Å². The molecule has 3 nitrogen and oxygen atoms in total. The second-order valence-electron chi connectivity index (χ2n) is 4.57. The van der Waals surface area contributed by atoms with E-state index in [0.717, 1.165) is 10.9 Å². The average Bonchev–Trinajstić information content (AvgIpc) is 2.50. The van der Waals surface area contributed by atoms with Gasteiger partial charge in [-0.1, -0.05) is 36.4 Å². The van der Waals surface area contributed by atoms with Crippen LogP contribution in [0.1, 0.15) is 17.2 Å². The Hall–Kier alpha value is -1.50. The summed E-state index contributed by atoms with van der Waals surface area (Å²) in [6, 6.07) is 16.5. The van der Waals surface area contributed by atoms with Crippen molar-refractivity contribution in [3.8, 4) is 0 Å². The Morgan fingerprint density at radius 3 is 2.60 bits per heavy atom. The van der Waals surface area contributed by atoms with E-state index in [-0.39, 0.29) is 6.04 Å². The molecular weight excluding hydrogens is 361 g/mol. The van der Waals surface area contributed by atoms with E-state index in [4.69, 9.17) is 5.84 Å². The number of aromatic nitrogens is 1. The molecule has 4 heteroatoms. The molecule has 1 unspecified atom stereocenters. The van der Waals surface area contributed by atoms with Gasteiger partial charge >= 0.3 is 0 Å². The number of fused-ring (bicyclic) bond motifs is 1. The van der Waals surface area contributed by atoms with Crippen molar-refractivity contribution in [2.24, 2.45) is 5.84 Å². The van der Waals surface area contributed by atoms with Gasteiger partial charge in [-0.3, -0.25) is 10.8 Å². The van der Waals surface area contributed by atoms with Crippen molar-refractivity contribution in [1.82, 2.24) is 10.4 Å². The molecule has 1 atom stereocenters. The lowest BCUT2D eigenvalue weighted by atomic mass is 9.95. The Bertz CT molecular complexity index is 737. The standard InChI is InChI=1S/C16H14IN3/c17-15-7-2-1-5-14(15)16(20-18)13-6-3-4-11-10-19-9-8-12(11)13/h1-10,16,20H,18H2. The van der Waals surface area contributed by atoms with Gasteiger partial charge in [-0.15, -0.1) is 0 Å². The highest BCUT2D eigenvalue weighted by atomic mass is 127. The Morgan fingerprint density at radius 2 is 1.80 bits per heavy atom. The summed E-state index contributed by atoms with van der Waals surface area (Å²) in [5.74, 6) is 5.83. The van der Waals surface area contributed by atoms with Crippen molar-refractivity contribution in [2.75, 3.05) is 0 Å². The van der Waals surface area contributed by atoms with Crippen molar-refractivity contribution < 1.29 is 0 Å². The van der Waals surface area contributed by atoms with E-state index in [2.05, 4.69) is 57.3 Å². The number of nitrogens with zero attached hydrogens (tertiary/aromatic N) is 1. The molecule has 0 aliphatic heterocycles. The summed E-state index contributed by atoms with van der Waals surface area (Å²) in [7, 11) is 0. The maximum atomic E-state index is 5.83. The summed E-state index contributed by atoms with van der Waals surface area (Å²) in [6.45, 7) is 0. The van der Waals surface area contributed by atoms with Crippen molar-refractivity contribution in [2.45, 2.75) is 6.04 Å². The van der Waals surface area contributed by atoms with E-state index >= 15 is 0 Å². The lowest BCUT2D eigenvalue weighted by molar-refractivity contribution is 0.638. The van der Waals surface area contributed by atoms with Crippen LogP contribution < -0.4 is 11.3 Å². The summed E-state index contributed by atoms with van der Waals surface area (Å²) in [5, 5.41) is 2.29.